The summed E-state index contributed by atoms with van der Waals surface area (Å²) in [6.45, 7) is 3.65. The molecule has 0 heteroatoms. The van der Waals surface area contributed by atoms with E-state index in [2.05, 4.69) is 12.6 Å². The summed E-state index contributed by atoms with van der Waals surface area (Å²) in [6.07, 6.45) is 2.85. The number of allylic oxidation sites excluding steroid dienone is 1. The summed E-state index contributed by atoms with van der Waals surface area (Å²) in [5.41, 5.74) is 1.30. The predicted octanol–water partition coefficient (Wildman–Crippen LogP) is 2.22. The average molecular weight is 117 g/mol. The zero-order chi connectivity index (χ0) is 6.53. The van der Waals surface area contributed by atoms with Crippen molar-refractivity contribution in [3.05, 3.63) is 48.6 Å². The number of rotatable bonds is 2. The molecule has 1 aromatic rings. The molecule has 0 aliphatic heterocycles. The predicted molar refractivity (Wildman–Crippen MR) is 39.2 cm³/mol. The molecule has 0 aliphatic carbocycles. The molecule has 0 amide bonds. The van der Waals surface area contributed by atoms with Crippen LogP contribution < -0.4 is 0 Å². The second-order valence-electron chi connectivity index (χ2n) is 1.90. The zero-order valence-electron chi connectivity index (χ0n) is 5.30. The molecule has 1 aromatic carbocycles. The Labute approximate surface area is 55.8 Å². The Bertz CT molecular complexity index is 174. The molecular formula is C9H9. The van der Waals surface area contributed by atoms with Crippen molar-refractivity contribution in [2.45, 2.75) is 6.42 Å². The van der Waals surface area contributed by atoms with Crippen molar-refractivity contribution in [2.75, 3.05) is 0 Å². The fraction of sp³-hybridized carbons (Fsp3) is 0.111. The molecular weight excluding hydrogens is 108 g/mol. The van der Waals surface area contributed by atoms with Crippen molar-refractivity contribution in [3.63, 3.8) is 0 Å². The average Bonchev–Trinajstić information content (AvgIpc) is 1.91. The van der Waals surface area contributed by atoms with Gasteiger partial charge in [0.15, 0.2) is 0 Å². The SMILES string of the molecule is C=CCc1cc[c]cc1. The smallest absolute Gasteiger partial charge is 0.0100 e. The van der Waals surface area contributed by atoms with Gasteiger partial charge in [-0.1, -0.05) is 30.3 Å². The Morgan fingerprint density at radius 3 is 2.67 bits per heavy atom. The first kappa shape index (κ1) is 6.09. The molecule has 0 spiro atoms. The van der Waals surface area contributed by atoms with Crippen LogP contribution in [0.15, 0.2) is 36.9 Å². The Morgan fingerprint density at radius 1 is 1.44 bits per heavy atom. The van der Waals surface area contributed by atoms with Gasteiger partial charge in [0, 0.05) is 0 Å². The van der Waals surface area contributed by atoms with Crippen molar-refractivity contribution < 1.29 is 0 Å². The maximum Gasteiger partial charge on any atom is -0.0100 e. The summed E-state index contributed by atoms with van der Waals surface area (Å²) in [5.74, 6) is 0. The van der Waals surface area contributed by atoms with Gasteiger partial charge in [-0.25, -0.2) is 0 Å². The molecule has 0 fully saturated rings. The molecule has 1 radical (unpaired) electrons. The van der Waals surface area contributed by atoms with E-state index in [0.29, 0.717) is 0 Å². The standard InChI is InChI=1S/C9H9/c1-2-6-9-7-4-3-5-8-9/h2,4-5,7-8H,1,6H2. The summed E-state index contributed by atoms with van der Waals surface area (Å²) in [6, 6.07) is 10.9. The summed E-state index contributed by atoms with van der Waals surface area (Å²) in [7, 11) is 0. The van der Waals surface area contributed by atoms with Gasteiger partial charge in [0.1, 0.15) is 0 Å². The monoisotopic (exact) mass is 117 g/mol. The van der Waals surface area contributed by atoms with Crippen LogP contribution in [-0.2, 0) is 6.42 Å². The third kappa shape index (κ3) is 1.73. The van der Waals surface area contributed by atoms with Crippen LogP contribution in [0, 0.1) is 6.07 Å². The first-order chi connectivity index (χ1) is 4.43. The van der Waals surface area contributed by atoms with Crippen LogP contribution in [0.4, 0.5) is 0 Å². The summed E-state index contributed by atoms with van der Waals surface area (Å²) in [4.78, 5) is 0. The van der Waals surface area contributed by atoms with E-state index >= 15 is 0 Å². The zero-order valence-corrected chi connectivity index (χ0v) is 5.30. The van der Waals surface area contributed by atoms with Gasteiger partial charge < -0.3 is 0 Å². The number of benzene rings is 1. The van der Waals surface area contributed by atoms with Crippen molar-refractivity contribution in [2.24, 2.45) is 0 Å². The highest BCUT2D eigenvalue weighted by Gasteiger charge is 1.82. The van der Waals surface area contributed by atoms with Gasteiger partial charge in [-0.15, -0.1) is 6.58 Å². The van der Waals surface area contributed by atoms with E-state index in [1.54, 1.807) is 0 Å². The van der Waals surface area contributed by atoms with Gasteiger partial charge in [0.25, 0.3) is 0 Å². The lowest BCUT2D eigenvalue weighted by Gasteiger charge is -1.90. The molecule has 0 saturated carbocycles. The van der Waals surface area contributed by atoms with Crippen molar-refractivity contribution in [1.29, 1.82) is 0 Å². The lowest BCUT2D eigenvalue weighted by molar-refractivity contribution is 1.28. The van der Waals surface area contributed by atoms with Crippen LogP contribution in [0.5, 0.6) is 0 Å². The highest BCUT2D eigenvalue weighted by atomic mass is 13.9. The second-order valence-corrected chi connectivity index (χ2v) is 1.90. The Morgan fingerprint density at radius 2 is 2.11 bits per heavy atom. The van der Waals surface area contributed by atoms with Crippen molar-refractivity contribution in [3.8, 4) is 0 Å². The molecule has 0 saturated heterocycles. The highest BCUT2D eigenvalue weighted by Crippen LogP contribution is 1.97. The van der Waals surface area contributed by atoms with E-state index in [-0.39, 0.29) is 0 Å². The maximum atomic E-state index is 3.65. The van der Waals surface area contributed by atoms with Gasteiger partial charge in [0.05, 0.1) is 0 Å². The quantitative estimate of drug-likeness (QED) is 0.521. The molecule has 0 aromatic heterocycles. The molecule has 1 rings (SSSR count). The molecule has 0 aliphatic rings. The molecule has 0 heterocycles. The van der Waals surface area contributed by atoms with Gasteiger partial charge >= 0.3 is 0 Å². The third-order valence-electron chi connectivity index (χ3n) is 1.17. The van der Waals surface area contributed by atoms with Crippen molar-refractivity contribution in [1.82, 2.24) is 0 Å². The van der Waals surface area contributed by atoms with Crippen LogP contribution in [-0.4, -0.2) is 0 Å². The lowest BCUT2D eigenvalue weighted by Crippen LogP contribution is -1.76. The molecule has 0 atom stereocenters. The summed E-state index contributed by atoms with van der Waals surface area (Å²) >= 11 is 0. The minimum atomic E-state index is 0.953. The fourth-order valence-corrected chi connectivity index (χ4v) is 0.724. The first-order valence-corrected chi connectivity index (χ1v) is 2.99. The molecule has 0 N–H and O–H groups in total. The lowest BCUT2D eigenvalue weighted by atomic mass is 10.2. The Kier molecular flexibility index (Phi) is 2.08. The molecule has 0 unspecified atom stereocenters. The van der Waals surface area contributed by atoms with E-state index in [1.165, 1.54) is 5.56 Å². The van der Waals surface area contributed by atoms with Crippen LogP contribution in [0.2, 0.25) is 0 Å². The minimum Gasteiger partial charge on any atom is -0.103 e. The number of hydrogen-bond donors (Lipinski definition) is 0. The van der Waals surface area contributed by atoms with Crippen molar-refractivity contribution >= 4 is 0 Å². The van der Waals surface area contributed by atoms with Gasteiger partial charge in [-0.2, -0.15) is 0 Å². The van der Waals surface area contributed by atoms with E-state index in [4.69, 9.17) is 0 Å². The molecule has 45 valence electrons. The normalized spacial score (nSPS) is 8.89. The summed E-state index contributed by atoms with van der Waals surface area (Å²) in [5, 5.41) is 0. The van der Waals surface area contributed by atoms with E-state index < -0.39 is 0 Å². The third-order valence-corrected chi connectivity index (χ3v) is 1.17. The van der Waals surface area contributed by atoms with Crippen LogP contribution >= 0.6 is 0 Å². The van der Waals surface area contributed by atoms with Crippen LogP contribution in [0.25, 0.3) is 0 Å². The molecule has 9 heavy (non-hydrogen) atoms. The van der Waals surface area contributed by atoms with Gasteiger partial charge in [0.2, 0.25) is 0 Å². The van der Waals surface area contributed by atoms with E-state index in [9.17, 15) is 0 Å². The Hall–Kier alpha value is -1.04. The minimum absolute atomic E-state index is 0.953. The highest BCUT2D eigenvalue weighted by molar-refractivity contribution is 5.15. The number of hydrogen-bond acceptors (Lipinski definition) is 0. The first-order valence-electron chi connectivity index (χ1n) is 2.99. The fourth-order valence-electron chi connectivity index (χ4n) is 0.724. The summed E-state index contributed by atoms with van der Waals surface area (Å²) < 4.78 is 0. The van der Waals surface area contributed by atoms with E-state index in [0.717, 1.165) is 6.42 Å². The van der Waals surface area contributed by atoms with E-state index in [1.807, 2.05) is 30.3 Å². The maximum absolute atomic E-state index is 3.65. The second kappa shape index (κ2) is 3.08. The van der Waals surface area contributed by atoms with Crippen LogP contribution in [0.1, 0.15) is 5.56 Å². The topological polar surface area (TPSA) is 0 Å². The largest absolute Gasteiger partial charge is 0.103 e. The van der Waals surface area contributed by atoms with Crippen LogP contribution in [0.3, 0.4) is 0 Å². The van der Waals surface area contributed by atoms with Gasteiger partial charge in [-0.05, 0) is 18.1 Å². The Balaban J connectivity index is 2.72. The van der Waals surface area contributed by atoms with Gasteiger partial charge in [-0.3, -0.25) is 0 Å². The molecule has 0 nitrogen and oxygen atoms in total. The molecule has 0 bridgehead atoms.